The Hall–Kier alpha value is -4.37. The highest BCUT2D eigenvalue weighted by atomic mass is 16.6. The number of hydrogen-bond donors (Lipinski definition) is 3. The van der Waals surface area contributed by atoms with Crippen molar-refractivity contribution in [2.75, 3.05) is 6.61 Å². The smallest absolute Gasteiger partial charge is 0.338 e. The van der Waals surface area contributed by atoms with Gasteiger partial charge in [-0.05, 0) is 49.3 Å². The van der Waals surface area contributed by atoms with Crippen LogP contribution < -0.4 is 0 Å². The first-order valence-electron chi connectivity index (χ1n) is 17.6. The van der Waals surface area contributed by atoms with Crippen LogP contribution in [0, 0.1) is 16.7 Å². The number of ether oxygens (including phenoxy) is 5. The molecule has 0 radical (unpaired) electrons. The van der Waals surface area contributed by atoms with E-state index in [0.717, 1.165) is 13.8 Å². The van der Waals surface area contributed by atoms with Crippen molar-refractivity contribution in [3.8, 4) is 0 Å². The zero-order chi connectivity index (χ0) is 38.8. The number of ketones is 1. The van der Waals surface area contributed by atoms with Crippen molar-refractivity contribution in [1.82, 2.24) is 0 Å². The second kappa shape index (κ2) is 13.5. The Morgan fingerprint density at radius 3 is 2.21 bits per heavy atom. The van der Waals surface area contributed by atoms with Gasteiger partial charge in [0.05, 0.1) is 35.7 Å². The Morgan fingerprint density at radius 2 is 1.64 bits per heavy atom. The zero-order valence-corrected chi connectivity index (χ0v) is 30.7. The van der Waals surface area contributed by atoms with E-state index in [1.807, 2.05) is 0 Å². The average molecular weight is 739 g/mol. The van der Waals surface area contributed by atoms with Crippen molar-refractivity contribution < 1.29 is 67.4 Å². The van der Waals surface area contributed by atoms with Gasteiger partial charge in [-0.15, -0.1) is 0 Å². The number of aliphatic hydroxyl groups is 3. The highest BCUT2D eigenvalue weighted by Crippen LogP contribution is 2.64. The molecule has 3 aliphatic carbocycles. The molecule has 1 aromatic heterocycles. The standard InChI is InChI=1S/C39H46O14/c1-19-25(51-35(46)29(42)20(2)24-14-11-15-48-24)17-39(47)33(52-34(45)23-12-9-8-10-13-23)31-37(7,32(44)30(43)28(19)36(39,5)6)26(50-21(3)40)16-27-38(31,18-49-27)53-22(4)41/h8-15,20,25-27,29-31,33,42-43,47H,16-18H2,1-7H3/t20-,25?,26-,27+,29+,30+,31-,33-,37+,38-,39+/m0/s1. The molecule has 14 heteroatoms. The molecule has 14 nitrogen and oxygen atoms in total. The summed E-state index contributed by atoms with van der Waals surface area (Å²) in [6.07, 6.45) is -8.26. The van der Waals surface area contributed by atoms with Crippen LogP contribution in [0.25, 0.3) is 0 Å². The van der Waals surface area contributed by atoms with Crippen molar-refractivity contribution in [1.29, 1.82) is 0 Å². The Kier molecular flexibility index (Phi) is 9.76. The van der Waals surface area contributed by atoms with E-state index < -0.39 is 107 Å². The van der Waals surface area contributed by atoms with Crippen LogP contribution in [0.5, 0.6) is 0 Å². The first-order valence-corrected chi connectivity index (χ1v) is 17.6. The minimum atomic E-state index is -2.30. The number of carbonyl (C=O) groups is 5. The van der Waals surface area contributed by atoms with Crippen LogP contribution in [0.2, 0.25) is 0 Å². The molecule has 6 rings (SSSR count). The number of esters is 4. The summed E-state index contributed by atoms with van der Waals surface area (Å²) >= 11 is 0. The van der Waals surface area contributed by atoms with Gasteiger partial charge in [-0.1, -0.05) is 39.0 Å². The third-order valence-corrected chi connectivity index (χ3v) is 12.2. The molecule has 0 amide bonds. The van der Waals surface area contributed by atoms with Crippen molar-refractivity contribution in [2.45, 2.75) is 115 Å². The second-order valence-corrected chi connectivity index (χ2v) is 15.4. The van der Waals surface area contributed by atoms with Crippen molar-refractivity contribution >= 4 is 29.7 Å². The van der Waals surface area contributed by atoms with Gasteiger partial charge in [0.1, 0.15) is 41.9 Å². The molecule has 11 atom stereocenters. The molecular weight excluding hydrogens is 692 g/mol. The molecular formula is C39H46O14. The van der Waals surface area contributed by atoms with Gasteiger partial charge in [0.25, 0.3) is 0 Å². The lowest BCUT2D eigenvalue weighted by Crippen LogP contribution is -2.82. The van der Waals surface area contributed by atoms with E-state index in [-0.39, 0.29) is 29.7 Å². The van der Waals surface area contributed by atoms with Gasteiger partial charge in [-0.3, -0.25) is 14.4 Å². The number of Topliss-reactive ketones (excluding diaryl/α,β-unsaturated/α-hetero) is 1. The lowest BCUT2D eigenvalue weighted by atomic mass is 9.44. The summed E-state index contributed by atoms with van der Waals surface area (Å²) in [5.41, 5.74) is -7.26. The molecule has 1 aliphatic heterocycles. The number of aliphatic hydroxyl groups excluding tert-OH is 2. The third-order valence-electron chi connectivity index (χ3n) is 12.2. The Morgan fingerprint density at radius 1 is 0.962 bits per heavy atom. The number of rotatable bonds is 8. The van der Waals surface area contributed by atoms with E-state index in [4.69, 9.17) is 28.1 Å². The number of hydrogen-bond acceptors (Lipinski definition) is 14. The molecule has 1 unspecified atom stereocenters. The fourth-order valence-electron chi connectivity index (χ4n) is 9.24. The highest BCUT2D eigenvalue weighted by Gasteiger charge is 2.78. The summed E-state index contributed by atoms with van der Waals surface area (Å²) in [5.74, 6) is -6.34. The Balaban J connectivity index is 1.57. The summed E-state index contributed by atoms with van der Waals surface area (Å²) < 4.78 is 35.3. The first-order chi connectivity index (χ1) is 24.8. The van der Waals surface area contributed by atoms with Crippen LogP contribution in [0.4, 0.5) is 0 Å². The quantitative estimate of drug-likeness (QED) is 0.202. The predicted octanol–water partition coefficient (Wildman–Crippen LogP) is 2.96. The fraction of sp³-hybridized carbons (Fsp3) is 0.564. The van der Waals surface area contributed by atoms with Gasteiger partial charge in [0.15, 0.2) is 17.5 Å². The van der Waals surface area contributed by atoms with Crippen molar-refractivity contribution in [3.05, 3.63) is 71.2 Å². The van der Waals surface area contributed by atoms with Crippen LogP contribution in [0.3, 0.4) is 0 Å². The minimum Gasteiger partial charge on any atom is -0.469 e. The number of furan rings is 1. The van der Waals surface area contributed by atoms with Crippen LogP contribution in [0.15, 0.2) is 64.3 Å². The number of benzene rings is 1. The molecule has 3 fully saturated rings. The summed E-state index contributed by atoms with van der Waals surface area (Å²) in [6.45, 7) is 9.73. The van der Waals surface area contributed by atoms with Crippen LogP contribution in [-0.2, 0) is 42.9 Å². The van der Waals surface area contributed by atoms with Gasteiger partial charge in [0, 0.05) is 32.1 Å². The molecule has 2 bridgehead atoms. The molecule has 2 heterocycles. The Bertz CT molecular complexity index is 1820. The molecule has 1 saturated heterocycles. The maximum Gasteiger partial charge on any atom is 0.338 e. The third kappa shape index (κ3) is 5.90. The summed E-state index contributed by atoms with van der Waals surface area (Å²) in [7, 11) is 0. The molecule has 2 aromatic rings. The number of carbonyl (C=O) groups excluding carboxylic acids is 5. The van der Waals surface area contributed by atoms with E-state index in [1.54, 1.807) is 58.0 Å². The normalized spacial score (nSPS) is 35.5. The molecule has 53 heavy (non-hydrogen) atoms. The highest BCUT2D eigenvalue weighted by molar-refractivity contribution is 5.94. The maximum atomic E-state index is 15.1. The van der Waals surface area contributed by atoms with Crippen molar-refractivity contribution in [3.63, 3.8) is 0 Å². The van der Waals surface area contributed by atoms with Gasteiger partial charge in [-0.25, -0.2) is 9.59 Å². The van der Waals surface area contributed by atoms with Crippen LogP contribution in [0.1, 0.15) is 83.3 Å². The summed E-state index contributed by atoms with van der Waals surface area (Å²) in [5, 5.41) is 36.6. The van der Waals surface area contributed by atoms with E-state index in [1.165, 1.54) is 25.3 Å². The summed E-state index contributed by atoms with van der Waals surface area (Å²) in [4.78, 5) is 68.2. The molecule has 1 aromatic carbocycles. The number of fused-ring (bicyclic) bond motifs is 5. The largest absolute Gasteiger partial charge is 0.469 e. The molecule has 4 aliphatic rings. The first kappa shape index (κ1) is 38.4. The zero-order valence-electron chi connectivity index (χ0n) is 30.7. The molecule has 2 saturated carbocycles. The lowest BCUT2D eigenvalue weighted by Gasteiger charge is -2.67. The SMILES string of the molecule is CC(=O)O[C@H]1C[C@H]2OC[C@@]2(OC(C)=O)[C@H]2[C@H](OC(=O)c3ccccc3)[C@]3(O)CC(OC(=O)[C@H](O)[C@@H](C)c4ccco4)C(C)=C([C@@H](O)C(=O)[C@]12C)C3(C)C. The van der Waals surface area contributed by atoms with Crippen molar-refractivity contribution in [2.24, 2.45) is 16.7 Å². The summed E-state index contributed by atoms with van der Waals surface area (Å²) in [6, 6.07) is 11.1. The molecule has 286 valence electrons. The van der Waals surface area contributed by atoms with Gasteiger partial charge < -0.3 is 43.4 Å². The van der Waals surface area contributed by atoms with Crippen LogP contribution in [-0.4, -0.2) is 99.4 Å². The van der Waals surface area contributed by atoms with E-state index in [2.05, 4.69) is 0 Å². The lowest BCUT2D eigenvalue weighted by molar-refractivity contribution is -0.346. The predicted molar refractivity (Wildman–Crippen MR) is 182 cm³/mol. The average Bonchev–Trinajstić information content (AvgIpc) is 3.64. The van der Waals surface area contributed by atoms with Crippen LogP contribution >= 0.6 is 0 Å². The van der Waals surface area contributed by atoms with Gasteiger partial charge >= 0.3 is 23.9 Å². The Labute approximate surface area is 306 Å². The van der Waals surface area contributed by atoms with E-state index in [9.17, 15) is 34.5 Å². The second-order valence-electron chi connectivity index (χ2n) is 15.4. The maximum absolute atomic E-state index is 15.1. The van der Waals surface area contributed by atoms with Gasteiger partial charge in [-0.2, -0.15) is 0 Å². The van der Waals surface area contributed by atoms with E-state index >= 15 is 4.79 Å². The fourth-order valence-corrected chi connectivity index (χ4v) is 9.24. The monoisotopic (exact) mass is 738 g/mol. The van der Waals surface area contributed by atoms with Gasteiger partial charge in [0.2, 0.25) is 0 Å². The minimum absolute atomic E-state index is 0.0156. The topological polar surface area (TPSA) is 205 Å². The molecule has 0 spiro atoms. The van der Waals surface area contributed by atoms with E-state index in [0.29, 0.717) is 5.76 Å². The molecule has 3 N–H and O–H groups in total.